The SMILES string of the molecule is CC(C)(C)CC[C@H](Nc1ncnc2ccc(F)cc12)c1nn[nH]n1. The second-order valence-corrected chi connectivity index (χ2v) is 6.95. The summed E-state index contributed by atoms with van der Waals surface area (Å²) in [6, 6.07) is 4.27. The Hall–Kier alpha value is -2.64. The fourth-order valence-corrected chi connectivity index (χ4v) is 2.47. The molecule has 24 heavy (non-hydrogen) atoms. The number of rotatable bonds is 5. The van der Waals surface area contributed by atoms with Gasteiger partial charge in [0, 0.05) is 5.39 Å². The fraction of sp³-hybridized carbons (Fsp3) is 0.438. The number of aromatic nitrogens is 6. The third-order valence-corrected chi connectivity index (χ3v) is 3.76. The maximum Gasteiger partial charge on any atom is 0.196 e. The lowest BCUT2D eigenvalue weighted by atomic mass is 9.88. The topological polar surface area (TPSA) is 92.3 Å². The molecule has 0 spiro atoms. The minimum Gasteiger partial charge on any atom is -0.359 e. The van der Waals surface area contributed by atoms with E-state index >= 15 is 0 Å². The van der Waals surface area contributed by atoms with Gasteiger partial charge in [-0.2, -0.15) is 5.21 Å². The molecule has 2 heterocycles. The molecule has 7 nitrogen and oxygen atoms in total. The highest BCUT2D eigenvalue weighted by Gasteiger charge is 2.21. The van der Waals surface area contributed by atoms with E-state index < -0.39 is 0 Å². The predicted molar refractivity (Wildman–Crippen MR) is 88.7 cm³/mol. The molecule has 0 saturated heterocycles. The highest BCUT2D eigenvalue weighted by molar-refractivity contribution is 5.88. The number of halogens is 1. The van der Waals surface area contributed by atoms with Gasteiger partial charge < -0.3 is 5.32 Å². The molecule has 0 aliphatic rings. The molecular weight excluding hydrogens is 309 g/mol. The quantitative estimate of drug-likeness (QED) is 0.746. The van der Waals surface area contributed by atoms with Crippen molar-refractivity contribution in [1.29, 1.82) is 0 Å². The first-order valence-corrected chi connectivity index (χ1v) is 7.82. The van der Waals surface area contributed by atoms with Crippen LogP contribution in [0.5, 0.6) is 0 Å². The fourth-order valence-electron chi connectivity index (χ4n) is 2.47. The third kappa shape index (κ3) is 3.81. The van der Waals surface area contributed by atoms with Crippen LogP contribution in [0.1, 0.15) is 45.5 Å². The molecule has 0 aliphatic carbocycles. The number of anilines is 1. The first-order chi connectivity index (χ1) is 11.4. The molecule has 2 N–H and O–H groups in total. The number of tetrazole rings is 1. The van der Waals surface area contributed by atoms with Crippen molar-refractivity contribution in [3.63, 3.8) is 0 Å². The Morgan fingerprint density at radius 2 is 2.08 bits per heavy atom. The Morgan fingerprint density at radius 1 is 1.25 bits per heavy atom. The van der Waals surface area contributed by atoms with Crippen LogP contribution >= 0.6 is 0 Å². The number of nitrogens with one attached hydrogen (secondary N) is 2. The van der Waals surface area contributed by atoms with E-state index in [1.54, 1.807) is 6.07 Å². The number of hydrogen-bond donors (Lipinski definition) is 2. The number of nitrogens with zero attached hydrogens (tertiary/aromatic N) is 5. The second kappa shape index (κ2) is 6.46. The van der Waals surface area contributed by atoms with Gasteiger partial charge in [-0.25, -0.2) is 14.4 Å². The standard InChI is InChI=1S/C16H20FN7/c1-16(2,3)7-6-13(15-21-23-24-22-15)20-14-11-8-10(17)4-5-12(11)18-9-19-14/h4-5,8-9,13H,6-7H2,1-3H3,(H,18,19,20)(H,21,22,23,24)/t13-/m0/s1. The van der Waals surface area contributed by atoms with Gasteiger partial charge >= 0.3 is 0 Å². The molecule has 1 aromatic carbocycles. The van der Waals surface area contributed by atoms with Crippen LogP contribution in [0.25, 0.3) is 10.9 Å². The number of benzene rings is 1. The Morgan fingerprint density at radius 3 is 2.79 bits per heavy atom. The van der Waals surface area contributed by atoms with E-state index in [-0.39, 0.29) is 17.3 Å². The molecule has 0 bridgehead atoms. The van der Waals surface area contributed by atoms with Crippen LogP contribution in [-0.2, 0) is 0 Å². The first kappa shape index (κ1) is 16.2. The van der Waals surface area contributed by atoms with Crippen LogP contribution < -0.4 is 5.32 Å². The summed E-state index contributed by atoms with van der Waals surface area (Å²) in [6.45, 7) is 6.53. The van der Waals surface area contributed by atoms with Crippen LogP contribution in [0.4, 0.5) is 10.2 Å². The summed E-state index contributed by atoms with van der Waals surface area (Å²) in [6.07, 6.45) is 3.21. The number of aromatic amines is 1. The molecule has 0 aliphatic heterocycles. The summed E-state index contributed by atoms with van der Waals surface area (Å²) in [5.74, 6) is 0.789. The molecule has 0 amide bonds. The van der Waals surface area contributed by atoms with Crippen molar-refractivity contribution in [1.82, 2.24) is 30.6 Å². The monoisotopic (exact) mass is 329 g/mol. The molecule has 126 valence electrons. The molecule has 3 aromatic rings. The minimum absolute atomic E-state index is 0.170. The molecule has 1 atom stereocenters. The smallest absolute Gasteiger partial charge is 0.196 e. The molecular formula is C16H20FN7. The van der Waals surface area contributed by atoms with Crippen molar-refractivity contribution in [2.24, 2.45) is 5.41 Å². The highest BCUT2D eigenvalue weighted by atomic mass is 19.1. The Bertz CT molecular complexity index is 811. The van der Waals surface area contributed by atoms with Gasteiger partial charge in [0.05, 0.1) is 11.6 Å². The third-order valence-electron chi connectivity index (χ3n) is 3.76. The average molecular weight is 329 g/mol. The number of hydrogen-bond acceptors (Lipinski definition) is 6. The first-order valence-electron chi connectivity index (χ1n) is 7.82. The van der Waals surface area contributed by atoms with Crippen molar-refractivity contribution in [2.45, 2.75) is 39.7 Å². The van der Waals surface area contributed by atoms with E-state index in [0.717, 1.165) is 12.8 Å². The van der Waals surface area contributed by atoms with E-state index in [1.807, 2.05) is 0 Å². The lowest BCUT2D eigenvalue weighted by Crippen LogP contribution is -2.17. The van der Waals surface area contributed by atoms with Crippen LogP contribution in [-0.4, -0.2) is 30.6 Å². The van der Waals surface area contributed by atoms with Crippen molar-refractivity contribution in [2.75, 3.05) is 5.32 Å². The van der Waals surface area contributed by atoms with Crippen molar-refractivity contribution in [3.8, 4) is 0 Å². The van der Waals surface area contributed by atoms with Crippen molar-refractivity contribution >= 4 is 16.7 Å². The highest BCUT2D eigenvalue weighted by Crippen LogP contribution is 2.30. The summed E-state index contributed by atoms with van der Waals surface area (Å²) >= 11 is 0. The zero-order valence-corrected chi connectivity index (χ0v) is 13.9. The van der Waals surface area contributed by atoms with Crippen LogP contribution in [0.2, 0.25) is 0 Å². The number of fused-ring (bicyclic) bond motifs is 1. The maximum atomic E-state index is 13.6. The molecule has 0 saturated carbocycles. The maximum absolute atomic E-state index is 13.6. The van der Waals surface area contributed by atoms with E-state index in [2.05, 4.69) is 56.7 Å². The van der Waals surface area contributed by atoms with Gasteiger partial charge in [-0.05, 0) is 36.5 Å². The molecule has 8 heteroatoms. The summed E-state index contributed by atoms with van der Waals surface area (Å²) in [5.41, 5.74) is 0.848. The second-order valence-electron chi connectivity index (χ2n) is 6.95. The van der Waals surface area contributed by atoms with E-state index in [1.165, 1.54) is 18.5 Å². The molecule has 0 fully saturated rings. The van der Waals surface area contributed by atoms with Gasteiger partial charge in [0.1, 0.15) is 18.0 Å². The lowest BCUT2D eigenvalue weighted by molar-refractivity contribution is 0.352. The van der Waals surface area contributed by atoms with Gasteiger partial charge in [-0.3, -0.25) is 0 Å². The zero-order chi connectivity index (χ0) is 17.2. The van der Waals surface area contributed by atoms with Gasteiger partial charge in [0.15, 0.2) is 5.82 Å². The van der Waals surface area contributed by atoms with Gasteiger partial charge in [0.2, 0.25) is 0 Å². The van der Waals surface area contributed by atoms with Crippen LogP contribution in [0.15, 0.2) is 24.5 Å². The molecule has 0 unspecified atom stereocenters. The number of H-pyrrole nitrogens is 1. The normalized spacial score (nSPS) is 13.2. The summed E-state index contributed by atoms with van der Waals surface area (Å²) in [5, 5.41) is 18.2. The lowest BCUT2D eigenvalue weighted by Gasteiger charge is -2.22. The predicted octanol–water partition coefficient (Wildman–Crippen LogP) is 3.26. The molecule has 2 aromatic heterocycles. The Balaban J connectivity index is 1.91. The van der Waals surface area contributed by atoms with Crippen LogP contribution in [0, 0.1) is 11.2 Å². The van der Waals surface area contributed by atoms with Crippen LogP contribution in [0.3, 0.4) is 0 Å². The van der Waals surface area contributed by atoms with E-state index in [0.29, 0.717) is 22.5 Å². The Labute approximate surface area is 139 Å². The van der Waals surface area contributed by atoms with Gasteiger partial charge in [-0.1, -0.05) is 26.0 Å². The Kier molecular flexibility index (Phi) is 4.37. The average Bonchev–Trinajstić information content (AvgIpc) is 3.05. The largest absolute Gasteiger partial charge is 0.359 e. The minimum atomic E-state index is -0.328. The zero-order valence-electron chi connectivity index (χ0n) is 13.9. The molecule has 0 radical (unpaired) electrons. The van der Waals surface area contributed by atoms with Crippen molar-refractivity contribution in [3.05, 3.63) is 36.2 Å². The van der Waals surface area contributed by atoms with Gasteiger partial charge in [0.25, 0.3) is 0 Å². The van der Waals surface area contributed by atoms with E-state index in [9.17, 15) is 4.39 Å². The summed E-state index contributed by atoms with van der Waals surface area (Å²) < 4.78 is 13.6. The molecule has 3 rings (SSSR count). The van der Waals surface area contributed by atoms with Gasteiger partial charge in [-0.15, -0.1) is 10.2 Å². The van der Waals surface area contributed by atoms with E-state index in [4.69, 9.17) is 0 Å². The summed E-state index contributed by atoms with van der Waals surface area (Å²) in [7, 11) is 0. The summed E-state index contributed by atoms with van der Waals surface area (Å²) in [4.78, 5) is 8.44. The van der Waals surface area contributed by atoms with Crippen molar-refractivity contribution < 1.29 is 4.39 Å².